The third-order valence-corrected chi connectivity index (χ3v) is 6.89. The number of nitrogens with two attached hydrogens (primary N) is 1. The van der Waals surface area contributed by atoms with Gasteiger partial charge >= 0.3 is 0 Å². The lowest BCUT2D eigenvalue weighted by Crippen LogP contribution is -2.53. The van der Waals surface area contributed by atoms with Crippen molar-refractivity contribution in [3.63, 3.8) is 0 Å². The van der Waals surface area contributed by atoms with E-state index in [4.69, 9.17) is 10.5 Å². The number of nitrogens with one attached hydrogen (secondary N) is 1. The van der Waals surface area contributed by atoms with Gasteiger partial charge in [0, 0.05) is 19.2 Å². The summed E-state index contributed by atoms with van der Waals surface area (Å²) in [6, 6.07) is 4.10. The monoisotopic (exact) mass is 381 g/mol. The molecular formula is C17H23N3O5S. The Morgan fingerprint density at radius 3 is 2.69 bits per heavy atom. The highest BCUT2D eigenvalue weighted by atomic mass is 32.2. The van der Waals surface area contributed by atoms with Crippen molar-refractivity contribution in [1.29, 1.82) is 0 Å². The van der Waals surface area contributed by atoms with E-state index in [2.05, 4.69) is 5.32 Å². The first-order valence-corrected chi connectivity index (χ1v) is 9.91. The van der Waals surface area contributed by atoms with Crippen LogP contribution in [0.1, 0.15) is 40.5 Å². The van der Waals surface area contributed by atoms with Gasteiger partial charge in [-0.15, -0.1) is 0 Å². The van der Waals surface area contributed by atoms with E-state index in [0.29, 0.717) is 12.5 Å². The average molecular weight is 381 g/mol. The fraction of sp³-hybridized carbons (Fsp3) is 0.529. The minimum atomic E-state index is -3.98. The summed E-state index contributed by atoms with van der Waals surface area (Å²) in [5.41, 5.74) is 5.56. The third kappa shape index (κ3) is 3.10. The molecule has 3 rings (SSSR count). The van der Waals surface area contributed by atoms with Gasteiger partial charge in [0.2, 0.25) is 0 Å². The van der Waals surface area contributed by atoms with Crippen molar-refractivity contribution in [2.24, 2.45) is 11.7 Å². The highest BCUT2D eigenvalue weighted by molar-refractivity contribution is 7.90. The maximum atomic E-state index is 12.6. The molecule has 1 aliphatic heterocycles. The van der Waals surface area contributed by atoms with Gasteiger partial charge in [-0.25, -0.2) is 12.7 Å². The first-order valence-electron chi connectivity index (χ1n) is 8.47. The average Bonchev–Trinajstić information content (AvgIpc) is 3.44. The summed E-state index contributed by atoms with van der Waals surface area (Å²) in [4.78, 5) is 24.8. The summed E-state index contributed by atoms with van der Waals surface area (Å²) in [5, 5.41) is 2.92. The molecule has 9 heteroatoms. The molecule has 2 amide bonds. The second-order valence-electron chi connectivity index (χ2n) is 6.94. The Morgan fingerprint density at radius 2 is 2.12 bits per heavy atom. The Morgan fingerprint density at radius 1 is 1.42 bits per heavy atom. The van der Waals surface area contributed by atoms with Crippen LogP contribution in [0.5, 0.6) is 0 Å². The summed E-state index contributed by atoms with van der Waals surface area (Å²) in [6.07, 6.45) is 2.02. The molecule has 26 heavy (non-hydrogen) atoms. The van der Waals surface area contributed by atoms with Gasteiger partial charge in [0.05, 0.1) is 24.3 Å². The molecule has 1 unspecified atom stereocenters. The predicted octanol–water partition coefficient (Wildman–Crippen LogP) is 0.335. The number of ether oxygens (including phenoxy) is 1. The molecule has 1 saturated carbocycles. The maximum Gasteiger partial charge on any atom is 0.269 e. The standard InChI is InChI=1S/C17H23N3O5S/c1-17(10-18,12-4-5-12)19-15(21)11-3-6-13-14(9-11)26(23,24)20(16(13)22)7-8-25-2/h3,6,9,12H,4-5,7-8,10,18H2,1-2H3,(H,19,21). The van der Waals surface area contributed by atoms with E-state index in [-0.39, 0.29) is 29.2 Å². The molecule has 0 bridgehead atoms. The topological polar surface area (TPSA) is 119 Å². The number of sulfonamides is 1. The second-order valence-corrected chi connectivity index (χ2v) is 8.77. The molecule has 1 fully saturated rings. The molecule has 1 heterocycles. The molecular weight excluding hydrogens is 358 g/mol. The lowest BCUT2D eigenvalue weighted by molar-refractivity contribution is 0.0834. The van der Waals surface area contributed by atoms with Gasteiger partial charge in [-0.05, 0) is 43.9 Å². The molecule has 1 aromatic carbocycles. The van der Waals surface area contributed by atoms with Crippen molar-refractivity contribution in [2.45, 2.75) is 30.2 Å². The van der Waals surface area contributed by atoms with Crippen LogP contribution in [0.15, 0.2) is 23.1 Å². The summed E-state index contributed by atoms with van der Waals surface area (Å²) in [5.74, 6) is -0.667. The van der Waals surface area contributed by atoms with Crippen LogP contribution in [0.25, 0.3) is 0 Å². The fourth-order valence-corrected chi connectivity index (χ4v) is 4.76. The van der Waals surface area contributed by atoms with Crippen molar-refractivity contribution >= 4 is 21.8 Å². The first kappa shape index (κ1) is 18.8. The van der Waals surface area contributed by atoms with E-state index in [1.165, 1.54) is 25.3 Å². The molecule has 1 aromatic rings. The van der Waals surface area contributed by atoms with Crippen LogP contribution in [0, 0.1) is 5.92 Å². The molecule has 0 spiro atoms. The van der Waals surface area contributed by atoms with Gasteiger partial charge in [0.25, 0.3) is 21.8 Å². The van der Waals surface area contributed by atoms with Gasteiger partial charge in [-0.3, -0.25) is 9.59 Å². The Balaban J connectivity index is 1.88. The highest BCUT2D eigenvalue weighted by Crippen LogP contribution is 2.39. The van der Waals surface area contributed by atoms with Crippen molar-refractivity contribution in [2.75, 3.05) is 26.8 Å². The third-order valence-electron chi connectivity index (χ3n) is 5.07. The van der Waals surface area contributed by atoms with Crippen LogP contribution < -0.4 is 11.1 Å². The van der Waals surface area contributed by atoms with Gasteiger partial charge in [-0.1, -0.05) is 0 Å². The molecule has 1 atom stereocenters. The van der Waals surface area contributed by atoms with Crippen molar-refractivity contribution in [3.05, 3.63) is 29.3 Å². The van der Waals surface area contributed by atoms with E-state index in [1.807, 2.05) is 6.92 Å². The van der Waals surface area contributed by atoms with Crippen molar-refractivity contribution < 1.29 is 22.7 Å². The van der Waals surface area contributed by atoms with Crippen LogP contribution in [0.4, 0.5) is 0 Å². The van der Waals surface area contributed by atoms with Crippen molar-refractivity contribution in [3.8, 4) is 0 Å². The zero-order valence-electron chi connectivity index (χ0n) is 14.8. The molecule has 1 aliphatic carbocycles. The zero-order chi connectivity index (χ0) is 19.1. The lowest BCUT2D eigenvalue weighted by Gasteiger charge is -2.29. The number of benzene rings is 1. The van der Waals surface area contributed by atoms with Crippen LogP contribution in [0.3, 0.4) is 0 Å². The molecule has 0 radical (unpaired) electrons. The molecule has 142 valence electrons. The number of amides is 2. The van der Waals surface area contributed by atoms with E-state index in [9.17, 15) is 18.0 Å². The first-order chi connectivity index (χ1) is 12.2. The number of hydrogen-bond donors (Lipinski definition) is 2. The number of fused-ring (bicyclic) bond motifs is 1. The minimum absolute atomic E-state index is 0.0686. The van der Waals surface area contributed by atoms with Crippen LogP contribution in [-0.4, -0.2) is 56.9 Å². The van der Waals surface area contributed by atoms with E-state index in [0.717, 1.165) is 17.1 Å². The summed E-state index contributed by atoms with van der Waals surface area (Å²) in [7, 11) is -2.55. The Bertz CT molecular complexity index is 850. The Hall–Kier alpha value is -1.97. The molecule has 0 saturated heterocycles. The van der Waals surface area contributed by atoms with Crippen LogP contribution in [-0.2, 0) is 14.8 Å². The summed E-state index contributed by atoms with van der Waals surface area (Å²) >= 11 is 0. The van der Waals surface area contributed by atoms with Gasteiger partial charge < -0.3 is 15.8 Å². The van der Waals surface area contributed by atoms with Gasteiger partial charge in [0.1, 0.15) is 4.90 Å². The van der Waals surface area contributed by atoms with E-state index in [1.54, 1.807) is 0 Å². The molecule has 3 N–H and O–H groups in total. The number of carbonyl (C=O) groups is 2. The predicted molar refractivity (Wildman–Crippen MR) is 94.2 cm³/mol. The SMILES string of the molecule is COCCN1C(=O)c2ccc(C(=O)NC(C)(CN)C3CC3)cc2S1(=O)=O. The Labute approximate surface area is 152 Å². The quantitative estimate of drug-likeness (QED) is 0.703. The smallest absolute Gasteiger partial charge is 0.269 e. The van der Waals surface area contributed by atoms with Crippen LogP contribution >= 0.6 is 0 Å². The molecule has 2 aliphatic rings. The Kier molecular flexibility index (Phi) is 4.80. The fourth-order valence-electron chi connectivity index (χ4n) is 3.18. The van der Waals surface area contributed by atoms with E-state index >= 15 is 0 Å². The van der Waals surface area contributed by atoms with Crippen LogP contribution in [0.2, 0.25) is 0 Å². The summed E-state index contributed by atoms with van der Waals surface area (Å²) in [6.45, 7) is 2.22. The number of nitrogens with zero attached hydrogens (tertiary/aromatic N) is 1. The lowest BCUT2D eigenvalue weighted by atomic mass is 9.95. The second kappa shape index (κ2) is 6.64. The molecule has 0 aromatic heterocycles. The van der Waals surface area contributed by atoms with Gasteiger partial charge in [-0.2, -0.15) is 0 Å². The maximum absolute atomic E-state index is 12.6. The minimum Gasteiger partial charge on any atom is -0.383 e. The molecule has 8 nitrogen and oxygen atoms in total. The number of methoxy groups -OCH3 is 1. The largest absolute Gasteiger partial charge is 0.383 e. The number of hydrogen-bond acceptors (Lipinski definition) is 6. The van der Waals surface area contributed by atoms with E-state index < -0.39 is 27.4 Å². The number of carbonyl (C=O) groups excluding carboxylic acids is 2. The number of rotatable bonds is 7. The highest BCUT2D eigenvalue weighted by Gasteiger charge is 2.43. The van der Waals surface area contributed by atoms with Gasteiger partial charge in [0.15, 0.2) is 0 Å². The normalized spacial score (nSPS) is 20.6. The van der Waals surface area contributed by atoms with Crippen molar-refractivity contribution in [1.82, 2.24) is 9.62 Å². The summed E-state index contributed by atoms with van der Waals surface area (Å²) < 4.78 is 30.9. The zero-order valence-corrected chi connectivity index (χ0v) is 15.6.